The van der Waals surface area contributed by atoms with E-state index in [0.29, 0.717) is 17.6 Å². The number of anilines is 1. The van der Waals surface area contributed by atoms with Gasteiger partial charge in [-0.15, -0.1) is 0 Å². The maximum atomic E-state index is 10.5. The van der Waals surface area contributed by atoms with Gasteiger partial charge in [-0.3, -0.25) is 0 Å². The predicted octanol–water partition coefficient (Wildman–Crippen LogP) is 2.64. The summed E-state index contributed by atoms with van der Waals surface area (Å²) in [6.45, 7) is 3.44. The second-order valence-corrected chi connectivity index (χ2v) is 6.91. The minimum atomic E-state index is -0.971. The van der Waals surface area contributed by atoms with Crippen molar-refractivity contribution in [3.05, 3.63) is 24.0 Å². The highest BCUT2D eigenvalue weighted by Gasteiger charge is 2.25. The molecule has 1 aliphatic carbocycles. The van der Waals surface area contributed by atoms with Crippen molar-refractivity contribution >= 4 is 18.0 Å². The first-order valence-electron chi connectivity index (χ1n) is 8.91. The van der Waals surface area contributed by atoms with Gasteiger partial charge >= 0.3 is 5.97 Å². The number of carboxylic acids is 1. The number of carbonyl (C=O) groups is 1. The van der Waals surface area contributed by atoms with Crippen LogP contribution in [0, 0.1) is 5.92 Å². The van der Waals surface area contributed by atoms with Crippen LogP contribution in [0.3, 0.4) is 0 Å². The van der Waals surface area contributed by atoms with Crippen LogP contribution in [0.5, 0.6) is 0 Å². The normalized spacial score (nSPS) is 22.9. The Labute approximate surface area is 143 Å². The average Bonchev–Trinajstić information content (AvgIpc) is 3.02. The summed E-state index contributed by atoms with van der Waals surface area (Å²) in [5.74, 6) is 0.530. The quantitative estimate of drug-likeness (QED) is 0.781. The lowest BCUT2D eigenvalue weighted by Gasteiger charge is -2.26. The second kappa shape index (κ2) is 8.24. The molecule has 6 nitrogen and oxygen atoms in total. The molecule has 130 valence electrons. The van der Waals surface area contributed by atoms with Crippen molar-refractivity contribution in [2.45, 2.75) is 44.6 Å². The summed E-state index contributed by atoms with van der Waals surface area (Å²) in [4.78, 5) is 21.6. The zero-order valence-electron chi connectivity index (χ0n) is 14.0. The highest BCUT2D eigenvalue weighted by molar-refractivity contribution is 5.85. The highest BCUT2D eigenvalue weighted by atomic mass is 16.4. The second-order valence-electron chi connectivity index (χ2n) is 6.91. The van der Waals surface area contributed by atoms with E-state index in [9.17, 15) is 4.79 Å². The van der Waals surface area contributed by atoms with Gasteiger partial charge in [-0.1, -0.05) is 19.3 Å². The first-order valence-corrected chi connectivity index (χ1v) is 8.91. The minimum absolute atomic E-state index is 0.397. The van der Waals surface area contributed by atoms with Crippen LogP contribution < -0.4 is 5.32 Å². The third kappa shape index (κ3) is 5.03. The molecule has 2 fully saturated rings. The van der Waals surface area contributed by atoms with Crippen LogP contribution in [0.1, 0.15) is 44.1 Å². The van der Waals surface area contributed by atoms with Gasteiger partial charge in [0.05, 0.1) is 0 Å². The van der Waals surface area contributed by atoms with Gasteiger partial charge in [0, 0.05) is 49.7 Å². The molecule has 2 N–H and O–H groups in total. The van der Waals surface area contributed by atoms with E-state index < -0.39 is 5.97 Å². The SMILES string of the molecule is O=C(O)C=Cc1cnc(N[C@@H]2CCN(CC3CCCCC3)C2)nc1. The van der Waals surface area contributed by atoms with Crippen molar-refractivity contribution in [2.75, 3.05) is 25.0 Å². The van der Waals surface area contributed by atoms with Crippen molar-refractivity contribution in [1.82, 2.24) is 14.9 Å². The van der Waals surface area contributed by atoms with Crippen LogP contribution in [-0.4, -0.2) is 51.6 Å². The van der Waals surface area contributed by atoms with Crippen LogP contribution in [0.25, 0.3) is 6.08 Å². The van der Waals surface area contributed by atoms with Crippen molar-refractivity contribution in [1.29, 1.82) is 0 Å². The number of carboxylic acid groups (broad SMARTS) is 1. The predicted molar refractivity (Wildman–Crippen MR) is 93.7 cm³/mol. The summed E-state index contributed by atoms with van der Waals surface area (Å²) in [6.07, 6.45) is 14.0. The Morgan fingerprint density at radius 1 is 1.25 bits per heavy atom. The van der Waals surface area contributed by atoms with E-state index in [1.807, 2.05) is 0 Å². The topological polar surface area (TPSA) is 78.3 Å². The molecule has 2 heterocycles. The number of nitrogens with one attached hydrogen (secondary N) is 1. The minimum Gasteiger partial charge on any atom is -0.478 e. The van der Waals surface area contributed by atoms with Crippen LogP contribution in [-0.2, 0) is 4.79 Å². The summed E-state index contributed by atoms with van der Waals surface area (Å²) >= 11 is 0. The van der Waals surface area contributed by atoms with Crippen molar-refractivity contribution in [3.8, 4) is 0 Å². The van der Waals surface area contributed by atoms with Crippen molar-refractivity contribution < 1.29 is 9.90 Å². The Hall–Kier alpha value is -1.95. The third-order valence-electron chi connectivity index (χ3n) is 4.94. The van der Waals surface area contributed by atoms with Crippen LogP contribution in [0.2, 0.25) is 0 Å². The Balaban J connectivity index is 1.45. The third-order valence-corrected chi connectivity index (χ3v) is 4.94. The molecule has 0 amide bonds. The zero-order chi connectivity index (χ0) is 16.8. The molecule has 0 bridgehead atoms. The molecule has 1 aromatic heterocycles. The molecule has 1 saturated heterocycles. The number of rotatable bonds is 6. The first-order chi connectivity index (χ1) is 11.7. The summed E-state index contributed by atoms with van der Waals surface area (Å²) in [5.41, 5.74) is 0.688. The molecule has 2 aliphatic rings. The number of hydrogen-bond acceptors (Lipinski definition) is 5. The number of hydrogen-bond donors (Lipinski definition) is 2. The number of likely N-dealkylation sites (tertiary alicyclic amines) is 1. The molecule has 1 atom stereocenters. The molecule has 3 rings (SSSR count). The van der Waals surface area contributed by atoms with E-state index in [4.69, 9.17) is 5.11 Å². The molecule has 0 spiro atoms. The molecular weight excluding hydrogens is 304 g/mol. The monoisotopic (exact) mass is 330 g/mol. The van der Waals surface area contributed by atoms with Gasteiger partial charge in [-0.05, 0) is 31.3 Å². The lowest BCUT2D eigenvalue weighted by Crippen LogP contribution is -2.31. The zero-order valence-corrected chi connectivity index (χ0v) is 14.0. The lowest BCUT2D eigenvalue weighted by atomic mass is 9.89. The van der Waals surface area contributed by atoms with Crippen LogP contribution in [0.15, 0.2) is 18.5 Å². The molecule has 24 heavy (non-hydrogen) atoms. The van der Waals surface area contributed by atoms with E-state index in [2.05, 4.69) is 20.2 Å². The van der Waals surface area contributed by atoms with Gasteiger partial charge in [0.2, 0.25) is 5.95 Å². The fraction of sp³-hybridized carbons (Fsp3) is 0.611. The molecule has 1 aromatic rings. The first kappa shape index (κ1) is 16.9. The largest absolute Gasteiger partial charge is 0.478 e. The maximum absolute atomic E-state index is 10.5. The summed E-state index contributed by atoms with van der Waals surface area (Å²) in [6, 6.07) is 0.397. The lowest BCUT2D eigenvalue weighted by molar-refractivity contribution is -0.131. The van der Waals surface area contributed by atoms with Gasteiger partial charge in [0.1, 0.15) is 0 Å². The summed E-state index contributed by atoms with van der Waals surface area (Å²) < 4.78 is 0. The smallest absolute Gasteiger partial charge is 0.328 e. The average molecular weight is 330 g/mol. The van der Waals surface area contributed by atoms with Crippen LogP contribution >= 0.6 is 0 Å². The Morgan fingerprint density at radius 2 is 2.00 bits per heavy atom. The van der Waals surface area contributed by atoms with E-state index in [1.165, 1.54) is 44.7 Å². The molecule has 0 aromatic carbocycles. The Morgan fingerprint density at radius 3 is 2.71 bits per heavy atom. The fourth-order valence-electron chi connectivity index (χ4n) is 3.70. The highest BCUT2D eigenvalue weighted by Crippen LogP contribution is 2.26. The molecular formula is C18H26N4O2. The Bertz CT molecular complexity index is 567. The molecule has 0 unspecified atom stereocenters. The maximum Gasteiger partial charge on any atom is 0.328 e. The molecule has 6 heteroatoms. The van der Waals surface area contributed by atoms with Crippen molar-refractivity contribution in [3.63, 3.8) is 0 Å². The van der Waals surface area contributed by atoms with E-state index in [1.54, 1.807) is 12.4 Å². The van der Waals surface area contributed by atoms with Gasteiger partial charge in [0.25, 0.3) is 0 Å². The van der Waals surface area contributed by atoms with Gasteiger partial charge < -0.3 is 15.3 Å². The standard InChI is InChI=1S/C18H26N4O2/c23-17(24)7-6-15-10-19-18(20-11-15)21-16-8-9-22(13-16)12-14-4-2-1-3-5-14/h6-7,10-11,14,16H,1-5,8-9,12-13H2,(H,23,24)(H,19,20,21)/t16-/m1/s1. The van der Waals surface area contributed by atoms with Gasteiger partial charge in [-0.2, -0.15) is 0 Å². The van der Waals surface area contributed by atoms with Gasteiger partial charge in [-0.25, -0.2) is 14.8 Å². The van der Waals surface area contributed by atoms with Crippen molar-refractivity contribution in [2.24, 2.45) is 5.92 Å². The number of nitrogens with zero attached hydrogens (tertiary/aromatic N) is 3. The van der Waals surface area contributed by atoms with E-state index >= 15 is 0 Å². The fourth-order valence-corrected chi connectivity index (χ4v) is 3.70. The Kier molecular flexibility index (Phi) is 5.80. The number of aliphatic carboxylic acids is 1. The molecule has 0 radical (unpaired) electrons. The summed E-state index contributed by atoms with van der Waals surface area (Å²) in [7, 11) is 0. The van der Waals surface area contributed by atoms with Gasteiger partial charge in [0.15, 0.2) is 0 Å². The van der Waals surface area contributed by atoms with E-state index in [-0.39, 0.29) is 0 Å². The molecule has 1 aliphatic heterocycles. The number of aromatic nitrogens is 2. The summed E-state index contributed by atoms with van der Waals surface area (Å²) in [5, 5.41) is 12.0. The molecule has 1 saturated carbocycles. The van der Waals surface area contributed by atoms with E-state index in [0.717, 1.165) is 31.5 Å². The van der Waals surface area contributed by atoms with Crippen LogP contribution in [0.4, 0.5) is 5.95 Å².